The van der Waals surface area contributed by atoms with Crippen molar-refractivity contribution in [3.63, 3.8) is 0 Å². The topological polar surface area (TPSA) is 21.3 Å². The predicted octanol–water partition coefficient (Wildman–Crippen LogP) is 5.34. The van der Waals surface area contributed by atoms with E-state index in [9.17, 15) is 13.2 Å². The number of hydrogen-bond donors (Lipinski definition) is 1. The molecule has 20 heavy (non-hydrogen) atoms. The van der Waals surface area contributed by atoms with E-state index in [0.29, 0.717) is 10.2 Å². The smallest absolute Gasteiger partial charge is 0.404 e. The first-order valence-electron chi connectivity index (χ1n) is 6.49. The van der Waals surface area contributed by atoms with Crippen LogP contribution in [0.3, 0.4) is 0 Å². The molecule has 1 aliphatic carbocycles. The molecule has 6 heteroatoms. The quantitative estimate of drug-likeness (QED) is 0.793. The van der Waals surface area contributed by atoms with Crippen LogP contribution >= 0.6 is 15.9 Å². The normalized spacial score (nSPS) is 21.8. The van der Waals surface area contributed by atoms with Gasteiger partial charge in [0, 0.05) is 10.5 Å². The van der Waals surface area contributed by atoms with Gasteiger partial charge in [0.1, 0.15) is 0 Å². The summed E-state index contributed by atoms with van der Waals surface area (Å²) in [7, 11) is 0. The maximum Gasteiger partial charge on any atom is 0.573 e. The van der Waals surface area contributed by atoms with E-state index >= 15 is 0 Å². The molecule has 0 aliphatic heterocycles. The zero-order valence-corrected chi connectivity index (χ0v) is 12.9. The maximum atomic E-state index is 12.5. The van der Waals surface area contributed by atoms with Crippen LogP contribution in [0.4, 0.5) is 18.9 Å². The summed E-state index contributed by atoms with van der Waals surface area (Å²) in [5.74, 6) is -0.199. The number of anilines is 1. The molecule has 112 valence electrons. The highest BCUT2D eigenvalue weighted by molar-refractivity contribution is 9.10. The molecule has 1 aromatic carbocycles. The molecule has 0 spiro atoms. The fraction of sp³-hybridized carbons (Fsp3) is 0.571. The summed E-state index contributed by atoms with van der Waals surface area (Å²) in [6, 6.07) is 4.80. The van der Waals surface area contributed by atoms with Gasteiger partial charge in [0.15, 0.2) is 5.75 Å². The van der Waals surface area contributed by atoms with Crippen LogP contribution < -0.4 is 10.1 Å². The maximum absolute atomic E-state index is 12.5. The van der Waals surface area contributed by atoms with Gasteiger partial charge in [-0.15, -0.1) is 13.2 Å². The third-order valence-corrected chi connectivity index (χ3v) is 4.25. The predicted molar refractivity (Wildman–Crippen MR) is 75.9 cm³/mol. The van der Waals surface area contributed by atoms with Gasteiger partial charge < -0.3 is 10.1 Å². The second-order valence-corrected chi connectivity index (χ2v) is 6.68. The molecule has 0 aromatic heterocycles. The average molecular weight is 352 g/mol. The number of halogens is 4. The fourth-order valence-electron chi connectivity index (χ4n) is 2.61. The Morgan fingerprint density at radius 1 is 1.35 bits per heavy atom. The van der Waals surface area contributed by atoms with Gasteiger partial charge in [-0.2, -0.15) is 0 Å². The number of rotatable bonds is 3. The van der Waals surface area contributed by atoms with E-state index in [1.165, 1.54) is 6.07 Å². The number of nitrogens with one attached hydrogen (secondary N) is 1. The van der Waals surface area contributed by atoms with Crippen LogP contribution in [0.15, 0.2) is 22.7 Å². The first kappa shape index (κ1) is 15.5. The molecule has 1 aliphatic rings. The Kier molecular flexibility index (Phi) is 4.23. The Bertz CT molecular complexity index is 488. The highest BCUT2D eigenvalue weighted by atomic mass is 79.9. The number of benzene rings is 1. The van der Waals surface area contributed by atoms with Crippen LogP contribution in [0.5, 0.6) is 5.75 Å². The zero-order chi connectivity index (χ0) is 15.0. The van der Waals surface area contributed by atoms with Crippen LogP contribution in [0.25, 0.3) is 0 Å². The fourth-order valence-corrected chi connectivity index (χ4v) is 2.95. The standard InChI is InChI=1S/C14H17BrF3NO/c1-13(2)7-3-4-12(13)19-10-6-5-9(15)8-11(10)20-14(16,17)18/h5-6,8,12,19H,3-4,7H2,1-2H3. The first-order chi connectivity index (χ1) is 9.17. The van der Waals surface area contributed by atoms with Crippen molar-refractivity contribution in [1.29, 1.82) is 0 Å². The molecular weight excluding hydrogens is 335 g/mol. The lowest BCUT2D eigenvalue weighted by Crippen LogP contribution is -2.31. The molecule has 0 radical (unpaired) electrons. The van der Waals surface area contributed by atoms with Crippen molar-refractivity contribution in [2.45, 2.75) is 45.5 Å². The monoisotopic (exact) mass is 351 g/mol. The Hall–Kier alpha value is -0.910. The minimum Gasteiger partial charge on any atom is -0.404 e. The van der Waals surface area contributed by atoms with E-state index in [1.54, 1.807) is 12.1 Å². The van der Waals surface area contributed by atoms with Gasteiger partial charge in [0.25, 0.3) is 0 Å². The summed E-state index contributed by atoms with van der Waals surface area (Å²) in [5, 5.41) is 3.20. The minimum absolute atomic E-state index is 0.0720. The van der Waals surface area contributed by atoms with E-state index in [4.69, 9.17) is 0 Å². The summed E-state index contributed by atoms with van der Waals surface area (Å²) >= 11 is 3.16. The summed E-state index contributed by atoms with van der Waals surface area (Å²) in [6.07, 6.45) is -1.59. The van der Waals surface area contributed by atoms with Gasteiger partial charge in [0.2, 0.25) is 0 Å². The highest BCUT2D eigenvalue weighted by Crippen LogP contribution is 2.41. The highest BCUT2D eigenvalue weighted by Gasteiger charge is 2.36. The Morgan fingerprint density at radius 3 is 2.60 bits per heavy atom. The molecule has 0 amide bonds. The zero-order valence-electron chi connectivity index (χ0n) is 11.4. The lowest BCUT2D eigenvalue weighted by molar-refractivity contribution is -0.274. The third-order valence-electron chi connectivity index (χ3n) is 3.76. The average Bonchev–Trinajstić information content (AvgIpc) is 2.60. The van der Waals surface area contributed by atoms with Crippen LogP contribution in [0.2, 0.25) is 0 Å². The van der Waals surface area contributed by atoms with Crippen LogP contribution in [0, 0.1) is 5.41 Å². The second kappa shape index (κ2) is 5.47. The SMILES string of the molecule is CC1(C)CCCC1Nc1ccc(Br)cc1OC(F)(F)F. The van der Waals surface area contributed by atoms with Gasteiger partial charge in [-0.05, 0) is 36.5 Å². The van der Waals surface area contributed by atoms with E-state index in [0.717, 1.165) is 19.3 Å². The van der Waals surface area contributed by atoms with Crippen LogP contribution in [-0.2, 0) is 0 Å². The largest absolute Gasteiger partial charge is 0.573 e. The van der Waals surface area contributed by atoms with E-state index < -0.39 is 6.36 Å². The second-order valence-electron chi connectivity index (χ2n) is 5.77. The number of hydrogen-bond acceptors (Lipinski definition) is 2. The van der Waals surface area contributed by atoms with Gasteiger partial charge >= 0.3 is 6.36 Å². The first-order valence-corrected chi connectivity index (χ1v) is 7.28. The van der Waals surface area contributed by atoms with Gasteiger partial charge in [-0.3, -0.25) is 0 Å². The molecule has 1 unspecified atom stereocenters. The molecule has 0 saturated heterocycles. The van der Waals surface area contributed by atoms with E-state index in [1.807, 2.05) is 0 Å². The van der Waals surface area contributed by atoms with Crippen molar-refractivity contribution in [1.82, 2.24) is 0 Å². The molecule has 1 aromatic rings. The van der Waals surface area contributed by atoms with Crippen LogP contribution in [-0.4, -0.2) is 12.4 Å². The molecule has 2 rings (SSSR count). The van der Waals surface area contributed by atoms with Crippen molar-refractivity contribution in [3.05, 3.63) is 22.7 Å². The van der Waals surface area contributed by atoms with Crippen LogP contribution in [0.1, 0.15) is 33.1 Å². The number of alkyl halides is 3. The molecule has 1 saturated carbocycles. The van der Waals surface area contributed by atoms with Crippen molar-refractivity contribution >= 4 is 21.6 Å². The number of ether oxygens (including phenoxy) is 1. The summed E-state index contributed by atoms with van der Waals surface area (Å²) in [6.45, 7) is 4.25. The van der Waals surface area contributed by atoms with Gasteiger partial charge in [-0.1, -0.05) is 36.2 Å². The third kappa shape index (κ3) is 3.81. The molecule has 1 N–H and O–H groups in total. The van der Waals surface area contributed by atoms with Crippen molar-refractivity contribution in [2.24, 2.45) is 5.41 Å². The Balaban J connectivity index is 2.23. The minimum atomic E-state index is -4.69. The van der Waals surface area contributed by atoms with Crippen molar-refractivity contribution in [3.8, 4) is 5.75 Å². The summed E-state index contributed by atoms with van der Waals surface area (Å²) in [5.41, 5.74) is 0.452. The molecular formula is C14H17BrF3NO. The van der Waals surface area contributed by atoms with Gasteiger partial charge in [0.05, 0.1) is 5.69 Å². The Morgan fingerprint density at radius 2 is 2.05 bits per heavy atom. The summed E-state index contributed by atoms with van der Waals surface area (Å²) in [4.78, 5) is 0. The molecule has 0 bridgehead atoms. The Labute approximate surface area is 124 Å². The molecule has 2 nitrogen and oxygen atoms in total. The lowest BCUT2D eigenvalue weighted by atomic mass is 9.87. The van der Waals surface area contributed by atoms with E-state index in [-0.39, 0.29) is 17.2 Å². The molecule has 1 fully saturated rings. The molecule has 0 heterocycles. The lowest BCUT2D eigenvalue weighted by Gasteiger charge is -2.29. The molecule has 1 atom stereocenters. The summed E-state index contributed by atoms with van der Waals surface area (Å²) < 4.78 is 42.0. The van der Waals surface area contributed by atoms with Gasteiger partial charge in [-0.25, -0.2) is 0 Å². The van der Waals surface area contributed by atoms with Crippen molar-refractivity contribution < 1.29 is 17.9 Å². The van der Waals surface area contributed by atoms with Crippen molar-refractivity contribution in [2.75, 3.05) is 5.32 Å². The van der Waals surface area contributed by atoms with E-state index in [2.05, 4.69) is 39.8 Å².